The van der Waals surface area contributed by atoms with Crippen molar-refractivity contribution in [1.29, 1.82) is 0 Å². The lowest BCUT2D eigenvalue weighted by atomic mass is 9.36. The van der Waals surface area contributed by atoms with Crippen LogP contribution in [0.25, 0.3) is 70.6 Å². The highest BCUT2D eigenvalue weighted by Gasteiger charge is 2.44. The van der Waals surface area contributed by atoms with Crippen LogP contribution in [0.1, 0.15) is 59.5 Å². The summed E-state index contributed by atoms with van der Waals surface area (Å²) in [6.45, 7) is 13.3. The van der Waals surface area contributed by atoms with Gasteiger partial charge in [0.1, 0.15) is 11.2 Å². The van der Waals surface area contributed by atoms with Crippen molar-refractivity contribution >= 4 is 105 Å². The zero-order chi connectivity index (χ0) is 42.9. The summed E-state index contributed by atoms with van der Waals surface area (Å²) in [5.41, 5.74) is 13.0. The molecule has 7 aromatic carbocycles. The summed E-state index contributed by atoms with van der Waals surface area (Å²) in [5, 5.41) is 5.52. The van der Waals surface area contributed by atoms with E-state index in [1.54, 1.807) is 0 Å². The molecule has 0 spiro atoms. The Morgan fingerprint density at radius 2 is 1.35 bits per heavy atom. The minimum absolute atomic E-state index is 0.0523. The first kappa shape index (κ1) is 28.4. The fraction of sp³-hybridized carbons (Fsp3) is 0.154. The number of anilines is 3. The number of rotatable bonds is 2. The lowest BCUT2D eigenvalue weighted by molar-refractivity contribution is 0.590. The summed E-state index contributed by atoms with van der Waals surface area (Å²) >= 11 is 1.85. The SMILES string of the molecule is [2H]c1c([2H])c([2H])c(-c2cc3c4c(c2)-n2c5cc6oc7ccccc7c6cc5c5cccc(c52)B4c2sc4ccc(C(C)(C)C)cc4c2N3c2ccc(C(C)(C)C)cc2)c([2H])c1[2H]. The predicted molar refractivity (Wildman–Crippen MR) is 246 cm³/mol. The van der Waals surface area contributed by atoms with E-state index >= 15 is 0 Å². The molecule has 3 aromatic heterocycles. The summed E-state index contributed by atoms with van der Waals surface area (Å²) in [5.74, 6) is 0. The molecule has 0 saturated carbocycles. The van der Waals surface area contributed by atoms with E-state index in [9.17, 15) is 2.74 Å². The maximum atomic E-state index is 9.25. The standard InChI is InChI=1S/C52H41BN2OS/c1-51(2,3)32-19-22-34(23-20-32)54-42-25-31(30-13-8-7-9-14-30)26-43-47(42)53(50-49(54)39-27-33(52(4,5)6)21-24-46(39)57-50)40-17-12-16-36-37-28-38-35-15-10-11-18-44(35)56-45(38)29-41(37)55(43)48(36)40/h7-29H,1-6H3/i7D,8D,9D,13D,14D. The van der Waals surface area contributed by atoms with Crippen LogP contribution in [0.3, 0.4) is 0 Å². The molecule has 0 bridgehead atoms. The Hall–Kier alpha value is -6.04. The van der Waals surface area contributed by atoms with Gasteiger partial charge >= 0.3 is 0 Å². The smallest absolute Gasteiger partial charge is 0.264 e. The molecule has 2 aliphatic rings. The van der Waals surface area contributed by atoms with Gasteiger partial charge in [-0.25, -0.2) is 0 Å². The van der Waals surface area contributed by atoms with E-state index in [4.69, 9.17) is 8.53 Å². The Balaban J connectivity index is 1.27. The highest BCUT2D eigenvalue weighted by atomic mass is 32.1. The molecule has 274 valence electrons. The molecule has 0 unspecified atom stereocenters. The minimum atomic E-state index is -0.408. The largest absolute Gasteiger partial charge is 0.456 e. The molecule has 0 radical (unpaired) electrons. The maximum Gasteiger partial charge on any atom is 0.264 e. The molecule has 0 amide bonds. The molecule has 0 aliphatic carbocycles. The lowest BCUT2D eigenvalue weighted by Gasteiger charge is -2.39. The van der Waals surface area contributed by atoms with Crippen molar-refractivity contribution in [2.24, 2.45) is 0 Å². The van der Waals surface area contributed by atoms with Gasteiger partial charge in [-0.3, -0.25) is 0 Å². The topological polar surface area (TPSA) is 21.3 Å². The van der Waals surface area contributed by atoms with Crippen LogP contribution in [0.15, 0.2) is 144 Å². The number of furan rings is 1. The third kappa shape index (κ3) is 4.61. The van der Waals surface area contributed by atoms with Gasteiger partial charge in [0, 0.05) is 65.1 Å². The predicted octanol–water partition coefficient (Wildman–Crippen LogP) is 12.8. The van der Waals surface area contributed by atoms with Gasteiger partial charge in [-0.1, -0.05) is 126 Å². The maximum absolute atomic E-state index is 9.25. The second kappa shape index (κ2) is 11.3. The zero-order valence-electron chi connectivity index (χ0n) is 37.7. The van der Waals surface area contributed by atoms with Crippen molar-refractivity contribution in [2.75, 3.05) is 4.90 Å². The van der Waals surface area contributed by atoms with E-state index in [-0.39, 0.29) is 47.3 Å². The Bertz CT molecular complexity index is 3600. The van der Waals surface area contributed by atoms with E-state index in [1.807, 2.05) is 29.5 Å². The third-order valence-electron chi connectivity index (χ3n) is 12.4. The Kier molecular flexibility index (Phi) is 5.62. The monoisotopic (exact) mass is 757 g/mol. The quantitative estimate of drug-likeness (QED) is 0.164. The van der Waals surface area contributed by atoms with Crippen molar-refractivity contribution < 1.29 is 11.3 Å². The van der Waals surface area contributed by atoms with Crippen molar-refractivity contribution in [3.8, 4) is 16.8 Å². The Morgan fingerprint density at radius 1 is 0.614 bits per heavy atom. The fourth-order valence-corrected chi connectivity index (χ4v) is 10.8. The number of fused-ring (bicyclic) bond motifs is 12. The van der Waals surface area contributed by atoms with Gasteiger partial charge in [0.05, 0.1) is 18.1 Å². The first-order chi connectivity index (χ1) is 29.6. The number of benzene rings is 7. The van der Waals surface area contributed by atoms with Gasteiger partial charge in [0.15, 0.2) is 0 Å². The van der Waals surface area contributed by atoms with Crippen molar-refractivity contribution in [3.05, 3.63) is 151 Å². The summed E-state index contributed by atoms with van der Waals surface area (Å²) < 4.78 is 55.8. The van der Waals surface area contributed by atoms with Gasteiger partial charge < -0.3 is 13.9 Å². The number of hydrogen-bond acceptors (Lipinski definition) is 3. The molecule has 5 heteroatoms. The van der Waals surface area contributed by atoms with Crippen LogP contribution in [-0.4, -0.2) is 11.3 Å². The van der Waals surface area contributed by atoms with E-state index in [0.29, 0.717) is 5.56 Å². The third-order valence-corrected chi connectivity index (χ3v) is 13.6. The van der Waals surface area contributed by atoms with Crippen LogP contribution in [0.4, 0.5) is 17.1 Å². The van der Waals surface area contributed by atoms with Crippen LogP contribution < -0.4 is 20.6 Å². The molecule has 0 atom stereocenters. The Morgan fingerprint density at radius 3 is 2.14 bits per heavy atom. The van der Waals surface area contributed by atoms with E-state index < -0.39 is 6.04 Å². The Labute approximate surface area is 343 Å². The van der Waals surface area contributed by atoms with E-state index in [1.165, 1.54) is 31.5 Å². The normalized spacial score (nSPS) is 14.9. The second-order valence-electron chi connectivity index (χ2n) is 17.8. The molecule has 57 heavy (non-hydrogen) atoms. The molecule has 2 aliphatic heterocycles. The van der Waals surface area contributed by atoms with Crippen LogP contribution in [-0.2, 0) is 10.8 Å². The highest BCUT2D eigenvalue weighted by Crippen LogP contribution is 2.48. The van der Waals surface area contributed by atoms with Crippen LogP contribution in [0.5, 0.6) is 0 Å². The molecular formula is C52H41BN2OS. The summed E-state index contributed by atoms with van der Waals surface area (Å²) in [4.78, 5) is 2.38. The summed E-state index contributed by atoms with van der Waals surface area (Å²) in [7, 11) is 0. The molecule has 5 heterocycles. The number of thiophene rings is 1. The summed E-state index contributed by atoms with van der Waals surface area (Å²) in [6.07, 6.45) is 0. The number of nitrogens with zero attached hydrogens (tertiary/aromatic N) is 2. The van der Waals surface area contributed by atoms with Gasteiger partial charge in [-0.2, -0.15) is 0 Å². The van der Waals surface area contributed by atoms with Crippen LogP contribution >= 0.6 is 11.3 Å². The van der Waals surface area contributed by atoms with Crippen LogP contribution in [0, 0.1) is 0 Å². The van der Waals surface area contributed by atoms with Gasteiger partial charge in [0.25, 0.3) is 6.71 Å². The van der Waals surface area contributed by atoms with E-state index in [0.717, 1.165) is 72.0 Å². The molecule has 0 saturated heterocycles. The molecule has 3 nitrogen and oxygen atoms in total. The molecule has 0 fully saturated rings. The average molecular weight is 758 g/mol. The molecule has 10 aromatic rings. The minimum Gasteiger partial charge on any atom is -0.456 e. The fourth-order valence-electron chi connectivity index (χ4n) is 9.54. The number of hydrogen-bond donors (Lipinski definition) is 0. The summed E-state index contributed by atoms with van der Waals surface area (Å²) in [6, 6.07) is 37.6. The average Bonchev–Trinajstić information content (AvgIpc) is 3.92. The highest BCUT2D eigenvalue weighted by molar-refractivity contribution is 7.33. The van der Waals surface area contributed by atoms with E-state index in [2.05, 4.69) is 142 Å². The van der Waals surface area contributed by atoms with Crippen molar-refractivity contribution in [2.45, 2.75) is 52.4 Å². The zero-order valence-corrected chi connectivity index (χ0v) is 33.5. The van der Waals surface area contributed by atoms with Crippen molar-refractivity contribution in [3.63, 3.8) is 0 Å². The second-order valence-corrected chi connectivity index (χ2v) is 18.9. The molecular weight excluding hydrogens is 711 g/mol. The first-order valence-electron chi connectivity index (χ1n) is 22.2. The number of para-hydroxylation sites is 2. The first-order valence-corrected chi connectivity index (χ1v) is 20.5. The molecule has 0 N–H and O–H groups in total. The lowest BCUT2D eigenvalue weighted by Crippen LogP contribution is -2.59. The van der Waals surface area contributed by atoms with Gasteiger partial charge in [0.2, 0.25) is 0 Å². The van der Waals surface area contributed by atoms with Gasteiger partial charge in [-0.05, 0) is 92.5 Å². The van der Waals surface area contributed by atoms with Crippen molar-refractivity contribution in [1.82, 2.24) is 4.57 Å². The van der Waals surface area contributed by atoms with Crippen LogP contribution in [0.2, 0.25) is 0 Å². The van der Waals surface area contributed by atoms with Gasteiger partial charge in [-0.15, -0.1) is 11.3 Å². The molecule has 12 rings (SSSR count). The number of aromatic nitrogens is 1.